The molecule has 37 heavy (non-hydrogen) atoms. The number of amides is 3. The SMILES string of the molecule is COC(=O)C(C)(C)Cn1cc(-c2cc(Oc3ccc(NC(=O)NC(=O)C(C)(C)C)nc3C)ccn2)nn1. The summed E-state index contributed by atoms with van der Waals surface area (Å²) in [4.78, 5) is 44.7. The molecule has 0 aliphatic carbocycles. The standard InChI is InChI=1S/C25H31N7O5/c1-15-19(8-9-20(27-15)28-23(35)29-21(33)24(2,3)4)37-16-10-11-26-17(12-16)18-13-32(31-30-18)14-25(5,6)22(34)36-7/h8-13H,14H2,1-7H3,(H2,27,28,29,33,35). The Kier molecular flexibility index (Phi) is 7.90. The number of carbonyl (C=O) groups excluding carboxylic acids is 3. The number of pyridine rings is 2. The normalized spacial score (nSPS) is 11.5. The van der Waals surface area contributed by atoms with Gasteiger partial charge in [0.2, 0.25) is 5.91 Å². The highest BCUT2D eigenvalue weighted by molar-refractivity contribution is 6.02. The van der Waals surface area contributed by atoms with E-state index < -0.39 is 22.8 Å². The number of urea groups is 1. The van der Waals surface area contributed by atoms with Crippen molar-refractivity contribution in [1.82, 2.24) is 30.3 Å². The van der Waals surface area contributed by atoms with Gasteiger partial charge >= 0.3 is 12.0 Å². The van der Waals surface area contributed by atoms with Gasteiger partial charge < -0.3 is 9.47 Å². The summed E-state index contributed by atoms with van der Waals surface area (Å²) in [5.41, 5.74) is 0.0940. The predicted molar refractivity (Wildman–Crippen MR) is 135 cm³/mol. The molecule has 0 aromatic carbocycles. The summed E-state index contributed by atoms with van der Waals surface area (Å²) in [5, 5.41) is 13.1. The van der Waals surface area contributed by atoms with E-state index in [4.69, 9.17) is 9.47 Å². The molecule has 0 saturated heterocycles. The Morgan fingerprint density at radius 2 is 1.78 bits per heavy atom. The lowest BCUT2D eigenvalue weighted by Gasteiger charge is -2.20. The largest absolute Gasteiger partial charge is 0.469 e. The van der Waals surface area contributed by atoms with Crippen molar-refractivity contribution < 1.29 is 23.9 Å². The van der Waals surface area contributed by atoms with Crippen molar-refractivity contribution in [3.63, 3.8) is 0 Å². The number of aryl methyl sites for hydroxylation is 1. The van der Waals surface area contributed by atoms with E-state index in [2.05, 4.69) is 30.9 Å². The Labute approximate surface area is 214 Å². The fraction of sp³-hybridized carbons (Fsp3) is 0.400. The molecule has 12 heteroatoms. The zero-order chi connectivity index (χ0) is 27.4. The van der Waals surface area contributed by atoms with Crippen LogP contribution < -0.4 is 15.4 Å². The molecule has 3 aromatic rings. The molecule has 0 aliphatic rings. The minimum atomic E-state index is -0.771. The number of carbonyl (C=O) groups is 3. The van der Waals surface area contributed by atoms with Crippen LogP contribution in [-0.4, -0.2) is 50.0 Å². The molecule has 3 rings (SSSR count). The first-order valence-electron chi connectivity index (χ1n) is 11.5. The molecule has 0 spiro atoms. The highest BCUT2D eigenvalue weighted by Crippen LogP contribution is 2.28. The molecule has 0 saturated carbocycles. The van der Waals surface area contributed by atoms with Gasteiger partial charge in [-0.1, -0.05) is 26.0 Å². The van der Waals surface area contributed by atoms with Crippen molar-refractivity contribution in [1.29, 1.82) is 0 Å². The van der Waals surface area contributed by atoms with Crippen LogP contribution in [0.15, 0.2) is 36.7 Å². The minimum Gasteiger partial charge on any atom is -0.469 e. The number of nitrogens with zero attached hydrogens (tertiary/aromatic N) is 5. The van der Waals surface area contributed by atoms with Crippen LogP contribution >= 0.6 is 0 Å². The van der Waals surface area contributed by atoms with E-state index in [0.29, 0.717) is 28.6 Å². The summed E-state index contributed by atoms with van der Waals surface area (Å²) in [5.74, 6) is 0.488. The predicted octanol–water partition coefficient (Wildman–Crippen LogP) is 3.73. The molecule has 2 N–H and O–H groups in total. The van der Waals surface area contributed by atoms with E-state index in [9.17, 15) is 14.4 Å². The van der Waals surface area contributed by atoms with Gasteiger partial charge in [-0.25, -0.2) is 9.78 Å². The van der Waals surface area contributed by atoms with E-state index in [0.717, 1.165) is 0 Å². The molecule has 12 nitrogen and oxygen atoms in total. The quantitative estimate of drug-likeness (QED) is 0.454. The molecular weight excluding hydrogens is 478 g/mol. The average Bonchev–Trinajstić information content (AvgIpc) is 3.27. The monoisotopic (exact) mass is 509 g/mol. The number of rotatable bonds is 7. The fourth-order valence-corrected chi connectivity index (χ4v) is 3.14. The van der Waals surface area contributed by atoms with Crippen molar-refractivity contribution in [3.05, 3.63) is 42.4 Å². The molecule has 3 amide bonds. The van der Waals surface area contributed by atoms with Gasteiger partial charge in [-0.15, -0.1) is 5.10 Å². The molecule has 3 heterocycles. The summed E-state index contributed by atoms with van der Waals surface area (Å²) < 4.78 is 12.4. The van der Waals surface area contributed by atoms with Gasteiger partial charge in [0.1, 0.15) is 23.0 Å². The lowest BCUT2D eigenvalue weighted by molar-refractivity contribution is -0.151. The topological polar surface area (TPSA) is 150 Å². The maximum absolute atomic E-state index is 12.1. The van der Waals surface area contributed by atoms with Gasteiger partial charge in [-0.3, -0.25) is 29.9 Å². The van der Waals surface area contributed by atoms with Crippen LogP contribution in [0.4, 0.5) is 10.6 Å². The van der Waals surface area contributed by atoms with Crippen LogP contribution in [0.2, 0.25) is 0 Å². The molecule has 0 radical (unpaired) electrons. The number of methoxy groups -OCH3 is 1. The Morgan fingerprint density at radius 1 is 1.05 bits per heavy atom. The second-order valence-electron chi connectivity index (χ2n) is 10.1. The van der Waals surface area contributed by atoms with E-state index in [1.54, 1.807) is 82.9 Å². The number of esters is 1. The molecular formula is C25H31N7O5. The third kappa shape index (κ3) is 7.09. The fourth-order valence-electron chi connectivity index (χ4n) is 3.14. The maximum atomic E-state index is 12.1. The molecule has 196 valence electrons. The number of ether oxygens (including phenoxy) is 2. The number of hydrogen-bond donors (Lipinski definition) is 2. The van der Waals surface area contributed by atoms with Crippen molar-refractivity contribution in [2.24, 2.45) is 10.8 Å². The molecule has 0 bridgehead atoms. The van der Waals surface area contributed by atoms with Gasteiger partial charge in [0, 0.05) is 17.7 Å². The number of aromatic nitrogens is 5. The summed E-state index contributed by atoms with van der Waals surface area (Å²) in [6, 6.07) is 5.96. The van der Waals surface area contributed by atoms with Crippen molar-refractivity contribution >= 4 is 23.7 Å². The Bertz CT molecular complexity index is 1310. The summed E-state index contributed by atoms with van der Waals surface area (Å²) in [7, 11) is 1.35. The second kappa shape index (κ2) is 10.7. The summed E-state index contributed by atoms with van der Waals surface area (Å²) in [6.45, 7) is 10.7. The van der Waals surface area contributed by atoms with Crippen molar-refractivity contribution in [2.45, 2.75) is 48.1 Å². The average molecular weight is 510 g/mol. The number of hydrogen-bond acceptors (Lipinski definition) is 9. The van der Waals surface area contributed by atoms with Crippen LogP contribution in [0.1, 0.15) is 40.3 Å². The van der Waals surface area contributed by atoms with Crippen molar-refractivity contribution in [3.8, 4) is 22.9 Å². The number of nitrogens with one attached hydrogen (secondary N) is 2. The lowest BCUT2D eigenvalue weighted by atomic mass is 9.94. The van der Waals surface area contributed by atoms with Crippen molar-refractivity contribution in [2.75, 3.05) is 12.4 Å². The van der Waals surface area contributed by atoms with Gasteiger partial charge in [0.25, 0.3) is 0 Å². The Morgan fingerprint density at radius 3 is 2.43 bits per heavy atom. The summed E-state index contributed by atoms with van der Waals surface area (Å²) in [6.07, 6.45) is 3.27. The third-order valence-corrected chi connectivity index (χ3v) is 5.24. The first kappa shape index (κ1) is 27.2. The van der Waals surface area contributed by atoms with E-state index in [1.165, 1.54) is 7.11 Å². The van der Waals surface area contributed by atoms with Crippen LogP contribution in [0.3, 0.4) is 0 Å². The Hall–Kier alpha value is -4.35. The second-order valence-corrected chi connectivity index (χ2v) is 10.1. The number of imide groups is 1. The zero-order valence-corrected chi connectivity index (χ0v) is 21.9. The highest BCUT2D eigenvalue weighted by Gasteiger charge is 2.30. The highest BCUT2D eigenvalue weighted by atomic mass is 16.5. The number of anilines is 1. The van der Waals surface area contributed by atoms with Crippen LogP contribution in [0.25, 0.3) is 11.4 Å². The first-order valence-corrected chi connectivity index (χ1v) is 11.5. The van der Waals surface area contributed by atoms with Gasteiger partial charge in [0.05, 0.1) is 36.7 Å². The molecule has 3 aromatic heterocycles. The van der Waals surface area contributed by atoms with Crippen LogP contribution in [0, 0.1) is 17.8 Å². The molecule has 0 fully saturated rings. The van der Waals surface area contributed by atoms with E-state index in [-0.39, 0.29) is 18.3 Å². The maximum Gasteiger partial charge on any atom is 0.327 e. The van der Waals surface area contributed by atoms with Gasteiger partial charge in [-0.2, -0.15) is 0 Å². The Balaban J connectivity index is 1.69. The smallest absolute Gasteiger partial charge is 0.327 e. The minimum absolute atomic E-state index is 0.269. The van der Waals surface area contributed by atoms with E-state index in [1.807, 2.05) is 0 Å². The lowest BCUT2D eigenvalue weighted by Crippen LogP contribution is -2.41. The third-order valence-electron chi connectivity index (χ3n) is 5.24. The van der Waals surface area contributed by atoms with Gasteiger partial charge in [-0.05, 0) is 39.0 Å². The first-order chi connectivity index (χ1) is 17.3. The molecule has 0 aliphatic heterocycles. The van der Waals surface area contributed by atoms with Crippen LogP contribution in [-0.2, 0) is 20.9 Å². The molecule has 0 atom stereocenters. The van der Waals surface area contributed by atoms with Crippen LogP contribution in [0.5, 0.6) is 11.5 Å². The zero-order valence-electron chi connectivity index (χ0n) is 21.9. The summed E-state index contributed by atoms with van der Waals surface area (Å²) >= 11 is 0. The van der Waals surface area contributed by atoms with E-state index >= 15 is 0 Å². The molecule has 0 unspecified atom stereocenters. The van der Waals surface area contributed by atoms with Gasteiger partial charge in [0.15, 0.2) is 0 Å².